The van der Waals surface area contributed by atoms with Crippen LogP contribution in [-0.2, 0) is 6.42 Å². The molecule has 0 bridgehead atoms. The molecule has 2 aromatic heterocycles. The summed E-state index contributed by atoms with van der Waals surface area (Å²) in [7, 11) is 2.11. The molecule has 0 saturated heterocycles. The summed E-state index contributed by atoms with van der Waals surface area (Å²) in [6.07, 6.45) is 2.97. The predicted octanol–water partition coefficient (Wildman–Crippen LogP) is 3.23. The van der Waals surface area contributed by atoms with E-state index in [1.54, 1.807) is 0 Å². The number of likely N-dealkylation sites (N-methyl/N-ethyl adjacent to an activating group) is 1. The van der Waals surface area contributed by atoms with Crippen LogP contribution in [0.1, 0.15) is 30.5 Å². The Morgan fingerprint density at radius 1 is 1.32 bits per heavy atom. The molecule has 0 aromatic carbocycles. The molecule has 0 aliphatic carbocycles. The molecule has 2 N–H and O–H groups in total. The van der Waals surface area contributed by atoms with Gasteiger partial charge in [0.15, 0.2) is 0 Å². The monoisotopic (exact) mass is 275 g/mol. The highest BCUT2D eigenvalue weighted by molar-refractivity contribution is 7.09. The zero-order valence-electron chi connectivity index (χ0n) is 11.7. The van der Waals surface area contributed by atoms with Crippen LogP contribution in [0.4, 0.5) is 5.69 Å². The van der Waals surface area contributed by atoms with Gasteiger partial charge in [0.25, 0.3) is 0 Å². The largest absolute Gasteiger partial charge is 0.370 e. The second-order valence-corrected chi connectivity index (χ2v) is 6.01. The molecule has 0 aliphatic rings. The molecular weight excluding hydrogens is 254 g/mol. The van der Waals surface area contributed by atoms with Crippen molar-refractivity contribution in [2.75, 3.05) is 11.9 Å². The minimum absolute atomic E-state index is 0.0112. The van der Waals surface area contributed by atoms with E-state index in [9.17, 15) is 0 Å². The quantitative estimate of drug-likeness (QED) is 0.911. The molecular formula is C15H21N3S. The lowest BCUT2D eigenvalue weighted by molar-refractivity contribution is 0.685. The van der Waals surface area contributed by atoms with Crippen molar-refractivity contribution >= 4 is 17.0 Å². The summed E-state index contributed by atoms with van der Waals surface area (Å²) in [5.74, 6) is 0. The van der Waals surface area contributed by atoms with E-state index in [-0.39, 0.29) is 6.04 Å². The van der Waals surface area contributed by atoms with Crippen LogP contribution in [0.2, 0.25) is 0 Å². The summed E-state index contributed by atoms with van der Waals surface area (Å²) in [6.45, 7) is 4.18. The maximum absolute atomic E-state index is 5.82. The molecule has 2 rings (SSSR count). The van der Waals surface area contributed by atoms with Gasteiger partial charge in [-0.25, -0.2) is 0 Å². The fourth-order valence-electron chi connectivity index (χ4n) is 1.99. The SMILES string of the molecule is CC(Cc1cccs1)N(C)c1ccc([C@H](C)N)nc1. The van der Waals surface area contributed by atoms with Gasteiger partial charge >= 0.3 is 0 Å². The Hall–Kier alpha value is -1.39. The topological polar surface area (TPSA) is 42.1 Å². The van der Waals surface area contributed by atoms with Gasteiger partial charge in [0.2, 0.25) is 0 Å². The van der Waals surface area contributed by atoms with Crippen LogP contribution >= 0.6 is 11.3 Å². The lowest BCUT2D eigenvalue weighted by Gasteiger charge is -2.26. The maximum Gasteiger partial charge on any atom is 0.0569 e. The Bertz CT molecular complexity index is 491. The number of aromatic nitrogens is 1. The summed E-state index contributed by atoms with van der Waals surface area (Å²) in [6, 6.07) is 8.83. The van der Waals surface area contributed by atoms with Crippen LogP contribution in [0.15, 0.2) is 35.8 Å². The molecule has 0 saturated carbocycles. The predicted molar refractivity (Wildman–Crippen MR) is 82.7 cm³/mol. The van der Waals surface area contributed by atoms with Crippen LogP contribution in [-0.4, -0.2) is 18.1 Å². The molecule has 3 nitrogen and oxygen atoms in total. The zero-order chi connectivity index (χ0) is 13.8. The normalized spacial score (nSPS) is 14.1. The first-order valence-electron chi connectivity index (χ1n) is 6.54. The van der Waals surface area contributed by atoms with E-state index < -0.39 is 0 Å². The van der Waals surface area contributed by atoms with Gasteiger partial charge in [0, 0.05) is 30.4 Å². The van der Waals surface area contributed by atoms with Crippen LogP contribution in [0.25, 0.3) is 0 Å². The van der Waals surface area contributed by atoms with Gasteiger partial charge in [-0.1, -0.05) is 6.07 Å². The lowest BCUT2D eigenvalue weighted by atomic mass is 10.1. The Labute approximate surface area is 119 Å². The molecule has 0 fully saturated rings. The van der Waals surface area contributed by atoms with Gasteiger partial charge in [0.1, 0.15) is 0 Å². The Balaban J connectivity index is 2.04. The van der Waals surface area contributed by atoms with Crippen LogP contribution in [0.3, 0.4) is 0 Å². The number of rotatable bonds is 5. The lowest BCUT2D eigenvalue weighted by Crippen LogP contribution is -2.30. The average molecular weight is 275 g/mol. The first-order chi connectivity index (χ1) is 9.08. The summed E-state index contributed by atoms with van der Waals surface area (Å²) >= 11 is 1.81. The average Bonchev–Trinajstić information content (AvgIpc) is 2.90. The van der Waals surface area contributed by atoms with Crippen LogP contribution in [0.5, 0.6) is 0 Å². The van der Waals surface area contributed by atoms with Crippen molar-refractivity contribution in [1.82, 2.24) is 4.98 Å². The zero-order valence-corrected chi connectivity index (χ0v) is 12.5. The van der Waals surface area contributed by atoms with Crippen molar-refractivity contribution < 1.29 is 0 Å². The molecule has 0 spiro atoms. The third-order valence-electron chi connectivity index (χ3n) is 3.38. The van der Waals surface area contributed by atoms with E-state index in [2.05, 4.69) is 47.4 Å². The third kappa shape index (κ3) is 3.55. The number of pyridine rings is 1. The third-order valence-corrected chi connectivity index (χ3v) is 4.28. The van der Waals surface area contributed by atoms with E-state index >= 15 is 0 Å². The molecule has 2 aromatic rings. The van der Waals surface area contributed by atoms with Gasteiger partial charge in [-0.15, -0.1) is 11.3 Å². The van der Waals surface area contributed by atoms with Gasteiger partial charge in [-0.05, 0) is 37.4 Å². The molecule has 2 atom stereocenters. The highest BCUT2D eigenvalue weighted by Crippen LogP contribution is 2.19. The van der Waals surface area contributed by atoms with Gasteiger partial charge < -0.3 is 10.6 Å². The van der Waals surface area contributed by atoms with E-state index in [0.717, 1.165) is 17.8 Å². The number of nitrogens with two attached hydrogens (primary N) is 1. The molecule has 19 heavy (non-hydrogen) atoms. The van der Waals surface area contributed by atoms with Crippen LogP contribution in [0, 0.1) is 0 Å². The van der Waals surface area contributed by atoms with Crippen molar-refractivity contribution in [3.63, 3.8) is 0 Å². The van der Waals surface area contributed by atoms with Gasteiger partial charge in [-0.2, -0.15) is 0 Å². The van der Waals surface area contributed by atoms with Crippen molar-refractivity contribution in [3.05, 3.63) is 46.4 Å². The number of hydrogen-bond acceptors (Lipinski definition) is 4. The Morgan fingerprint density at radius 2 is 2.11 bits per heavy atom. The van der Waals surface area contributed by atoms with Crippen molar-refractivity contribution in [2.45, 2.75) is 32.4 Å². The van der Waals surface area contributed by atoms with Crippen molar-refractivity contribution in [1.29, 1.82) is 0 Å². The summed E-state index contributed by atoms with van der Waals surface area (Å²) < 4.78 is 0. The molecule has 102 valence electrons. The number of hydrogen-bond donors (Lipinski definition) is 1. The second kappa shape index (κ2) is 6.17. The first-order valence-corrected chi connectivity index (χ1v) is 7.42. The van der Waals surface area contributed by atoms with Crippen molar-refractivity contribution in [2.24, 2.45) is 5.73 Å². The molecule has 0 aliphatic heterocycles. The summed E-state index contributed by atoms with van der Waals surface area (Å²) in [5, 5.41) is 2.13. The Morgan fingerprint density at radius 3 is 2.63 bits per heavy atom. The highest BCUT2D eigenvalue weighted by Gasteiger charge is 2.12. The van der Waals surface area contributed by atoms with Gasteiger partial charge in [-0.3, -0.25) is 4.98 Å². The summed E-state index contributed by atoms with van der Waals surface area (Å²) in [4.78, 5) is 8.09. The smallest absolute Gasteiger partial charge is 0.0569 e. The molecule has 1 unspecified atom stereocenters. The highest BCUT2D eigenvalue weighted by atomic mass is 32.1. The van der Waals surface area contributed by atoms with Crippen LogP contribution < -0.4 is 10.6 Å². The van der Waals surface area contributed by atoms with Gasteiger partial charge in [0.05, 0.1) is 17.6 Å². The van der Waals surface area contributed by atoms with E-state index in [4.69, 9.17) is 5.73 Å². The van der Waals surface area contributed by atoms with E-state index in [0.29, 0.717) is 6.04 Å². The molecule has 2 heterocycles. The van der Waals surface area contributed by atoms with E-state index in [1.807, 2.05) is 30.5 Å². The number of thiophene rings is 1. The minimum atomic E-state index is -0.0112. The fraction of sp³-hybridized carbons (Fsp3) is 0.400. The molecule has 4 heteroatoms. The summed E-state index contributed by atoms with van der Waals surface area (Å²) in [5.41, 5.74) is 7.88. The minimum Gasteiger partial charge on any atom is -0.370 e. The van der Waals surface area contributed by atoms with E-state index in [1.165, 1.54) is 4.88 Å². The van der Waals surface area contributed by atoms with Crippen molar-refractivity contribution in [3.8, 4) is 0 Å². The molecule has 0 radical (unpaired) electrons. The fourth-order valence-corrected chi connectivity index (χ4v) is 2.81. The number of anilines is 1. The second-order valence-electron chi connectivity index (χ2n) is 4.97. The first kappa shape index (κ1) is 14.0. The Kier molecular flexibility index (Phi) is 4.56. The number of nitrogens with zero attached hydrogens (tertiary/aromatic N) is 2. The molecule has 0 amide bonds. The standard InChI is InChI=1S/C15H21N3S/c1-11(9-14-5-4-8-19-14)18(3)13-6-7-15(12(2)16)17-10-13/h4-8,10-12H,9,16H2,1-3H3/t11?,12-/m0/s1. The maximum atomic E-state index is 5.82.